The molecule has 0 saturated heterocycles. The molecule has 23 heavy (non-hydrogen) atoms. The van der Waals surface area contributed by atoms with Crippen LogP contribution in [-0.4, -0.2) is 22.4 Å². The number of hydrogen-bond donors (Lipinski definition) is 0. The summed E-state index contributed by atoms with van der Waals surface area (Å²) in [5, 5.41) is 4.74. The first-order chi connectivity index (χ1) is 10.8. The van der Waals surface area contributed by atoms with Crippen LogP contribution < -0.4 is 0 Å². The highest BCUT2D eigenvalue weighted by atomic mass is 16.5. The average molecular weight is 314 g/mol. The van der Waals surface area contributed by atoms with E-state index in [9.17, 15) is 4.79 Å². The molecule has 0 saturated carbocycles. The summed E-state index contributed by atoms with van der Waals surface area (Å²) in [5.41, 5.74) is 4.35. The molecule has 0 bridgehead atoms. The second kappa shape index (κ2) is 6.99. The number of hydrogen-bond acceptors (Lipinski definition) is 3. The van der Waals surface area contributed by atoms with Crippen molar-refractivity contribution in [2.24, 2.45) is 0 Å². The van der Waals surface area contributed by atoms with Gasteiger partial charge in [-0.2, -0.15) is 5.10 Å². The van der Waals surface area contributed by atoms with E-state index in [-0.39, 0.29) is 11.4 Å². The molecule has 0 aliphatic carbocycles. The van der Waals surface area contributed by atoms with Crippen molar-refractivity contribution < 1.29 is 9.53 Å². The van der Waals surface area contributed by atoms with Gasteiger partial charge in [-0.15, -0.1) is 0 Å². The maximum absolute atomic E-state index is 11.5. The summed E-state index contributed by atoms with van der Waals surface area (Å²) in [5.74, 6) is -0.150. The molecule has 1 aromatic carbocycles. The normalized spacial score (nSPS) is 11.5. The Balaban J connectivity index is 2.20. The Hall–Kier alpha value is -2.10. The monoisotopic (exact) mass is 314 g/mol. The molecule has 124 valence electrons. The number of esters is 1. The van der Waals surface area contributed by atoms with Crippen molar-refractivity contribution in [2.75, 3.05) is 6.61 Å². The zero-order valence-electron chi connectivity index (χ0n) is 14.7. The van der Waals surface area contributed by atoms with Gasteiger partial charge in [0, 0.05) is 17.5 Å². The van der Waals surface area contributed by atoms with Crippen LogP contribution >= 0.6 is 0 Å². The second-order valence-electron chi connectivity index (χ2n) is 6.81. The van der Waals surface area contributed by atoms with E-state index in [2.05, 4.69) is 39.8 Å². The molecule has 0 amide bonds. The Labute approximate surface area is 138 Å². The Morgan fingerprint density at radius 1 is 1.26 bits per heavy atom. The van der Waals surface area contributed by atoms with Crippen LogP contribution in [0, 0.1) is 6.92 Å². The molecular formula is C19H26N2O2. The quantitative estimate of drug-likeness (QED) is 0.784. The first-order valence-electron chi connectivity index (χ1n) is 8.13. The topological polar surface area (TPSA) is 44.1 Å². The molecule has 0 atom stereocenters. The number of carbonyl (C=O) groups is 1. The van der Waals surface area contributed by atoms with Crippen LogP contribution in [0.3, 0.4) is 0 Å². The lowest BCUT2D eigenvalue weighted by atomic mass is 9.92. The van der Waals surface area contributed by atoms with Crippen LogP contribution in [0.1, 0.15) is 51.1 Å². The molecule has 4 heteroatoms. The number of nitrogens with zero attached hydrogens (tertiary/aromatic N) is 2. The van der Waals surface area contributed by atoms with Crippen molar-refractivity contribution in [1.82, 2.24) is 9.78 Å². The van der Waals surface area contributed by atoms with Gasteiger partial charge in [-0.05, 0) is 44.0 Å². The SMILES string of the molecule is CCOC(=O)CCc1cccc(-n2nc(C(C)(C)C)cc2C)c1. The lowest BCUT2D eigenvalue weighted by Gasteiger charge is -2.14. The summed E-state index contributed by atoms with van der Waals surface area (Å²) in [7, 11) is 0. The molecule has 2 aromatic rings. The zero-order chi connectivity index (χ0) is 17.0. The minimum Gasteiger partial charge on any atom is -0.466 e. The molecule has 4 nitrogen and oxygen atoms in total. The summed E-state index contributed by atoms with van der Waals surface area (Å²) in [6.07, 6.45) is 1.09. The molecule has 1 heterocycles. The highest BCUT2D eigenvalue weighted by Gasteiger charge is 2.19. The van der Waals surface area contributed by atoms with Gasteiger partial charge in [-0.3, -0.25) is 4.79 Å². The van der Waals surface area contributed by atoms with Crippen molar-refractivity contribution in [3.8, 4) is 5.69 Å². The Bertz CT molecular complexity index is 681. The van der Waals surface area contributed by atoms with E-state index >= 15 is 0 Å². The average Bonchev–Trinajstić information content (AvgIpc) is 2.88. The van der Waals surface area contributed by atoms with Gasteiger partial charge in [0.1, 0.15) is 0 Å². The predicted octanol–water partition coefficient (Wildman–Crippen LogP) is 3.97. The minimum atomic E-state index is -0.150. The Kier molecular flexibility index (Phi) is 5.24. The van der Waals surface area contributed by atoms with Crippen LogP contribution in [0.25, 0.3) is 5.69 Å². The summed E-state index contributed by atoms with van der Waals surface area (Å²) in [6, 6.07) is 10.3. The molecule has 2 rings (SSSR count). The van der Waals surface area contributed by atoms with E-state index in [0.717, 1.165) is 22.6 Å². The van der Waals surface area contributed by atoms with Crippen molar-refractivity contribution in [3.63, 3.8) is 0 Å². The van der Waals surface area contributed by atoms with E-state index in [1.165, 1.54) is 0 Å². The second-order valence-corrected chi connectivity index (χ2v) is 6.81. The largest absolute Gasteiger partial charge is 0.466 e. The summed E-state index contributed by atoms with van der Waals surface area (Å²) >= 11 is 0. The molecular weight excluding hydrogens is 288 g/mol. The lowest BCUT2D eigenvalue weighted by Crippen LogP contribution is -2.12. The predicted molar refractivity (Wildman–Crippen MR) is 92.0 cm³/mol. The van der Waals surface area contributed by atoms with Gasteiger partial charge in [0.05, 0.1) is 18.0 Å². The fraction of sp³-hybridized carbons (Fsp3) is 0.474. The number of ether oxygens (including phenoxy) is 1. The number of aryl methyl sites for hydroxylation is 2. The molecule has 0 fully saturated rings. The van der Waals surface area contributed by atoms with Gasteiger partial charge in [-0.1, -0.05) is 32.9 Å². The van der Waals surface area contributed by atoms with E-state index in [0.29, 0.717) is 19.4 Å². The van der Waals surface area contributed by atoms with Crippen molar-refractivity contribution >= 4 is 5.97 Å². The number of rotatable bonds is 5. The smallest absolute Gasteiger partial charge is 0.306 e. The Morgan fingerprint density at radius 2 is 2.00 bits per heavy atom. The number of aromatic nitrogens is 2. The van der Waals surface area contributed by atoms with Crippen LogP contribution in [0.15, 0.2) is 30.3 Å². The van der Waals surface area contributed by atoms with Crippen LogP contribution in [0.4, 0.5) is 0 Å². The van der Waals surface area contributed by atoms with Crippen LogP contribution in [0.5, 0.6) is 0 Å². The molecule has 0 aliphatic rings. The number of benzene rings is 1. The van der Waals surface area contributed by atoms with E-state index in [1.807, 2.05) is 29.8 Å². The zero-order valence-corrected chi connectivity index (χ0v) is 14.7. The summed E-state index contributed by atoms with van der Waals surface area (Å²) < 4.78 is 6.95. The molecule has 0 radical (unpaired) electrons. The van der Waals surface area contributed by atoms with E-state index < -0.39 is 0 Å². The first kappa shape index (κ1) is 17.3. The molecule has 0 N–H and O–H groups in total. The highest BCUT2D eigenvalue weighted by Crippen LogP contribution is 2.23. The summed E-state index contributed by atoms with van der Waals surface area (Å²) in [4.78, 5) is 11.5. The van der Waals surface area contributed by atoms with Gasteiger partial charge in [0.15, 0.2) is 0 Å². The lowest BCUT2D eigenvalue weighted by molar-refractivity contribution is -0.143. The van der Waals surface area contributed by atoms with Crippen LogP contribution in [0.2, 0.25) is 0 Å². The minimum absolute atomic E-state index is 0.0253. The van der Waals surface area contributed by atoms with Gasteiger partial charge in [0.2, 0.25) is 0 Å². The van der Waals surface area contributed by atoms with Gasteiger partial charge < -0.3 is 4.74 Å². The third kappa shape index (κ3) is 4.44. The van der Waals surface area contributed by atoms with E-state index in [1.54, 1.807) is 0 Å². The maximum atomic E-state index is 11.5. The van der Waals surface area contributed by atoms with Gasteiger partial charge >= 0.3 is 5.97 Å². The fourth-order valence-electron chi connectivity index (χ4n) is 2.43. The Morgan fingerprint density at radius 3 is 2.61 bits per heavy atom. The van der Waals surface area contributed by atoms with Crippen molar-refractivity contribution in [1.29, 1.82) is 0 Å². The highest BCUT2D eigenvalue weighted by molar-refractivity contribution is 5.69. The molecule has 0 unspecified atom stereocenters. The fourth-order valence-corrected chi connectivity index (χ4v) is 2.43. The number of carbonyl (C=O) groups excluding carboxylic acids is 1. The third-order valence-corrected chi connectivity index (χ3v) is 3.73. The first-order valence-corrected chi connectivity index (χ1v) is 8.13. The molecule has 1 aromatic heterocycles. The summed E-state index contributed by atoms with van der Waals surface area (Å²) in [6.45, 7) is 10.8. The van der Waals surface area contributed by atoms with Gasteiger partial charge in [0.25, 0.3) is 0 Å². The maximum Gasteiger partial charge on any atom is 0.306 e. The van der Waals surface area contributed by atoms with Crippen LogP contribution in [-0.2, 0) is 21.4 Å². The van der Waals surface area contributed by atoms with Gasteiger partial charge in [-0.25, -0.2) is 4.68 Å². The molecule has 0 aliphatic heterocycles. The third-order valence-electron chi connectivity index (χ3n) is 3.73. The van der Waals surface area contributed by atoms with Crippen molar-refractivity contribution in [3.05, 3.63) is 47.3 Å². The van der Waals surface area contributed by atoms with Crippen molar-refractivity contribution in [2.45, 2.75) is 52.9 Å². The van der Waals surface area contributed by atoms with E-state index in [4.69, 9.17) is 9.84 Å². The molecule has 0 spiro atoms. The standard InChI is InChI=1S/C19H26N2O2/c1-6-23-18(22)11-10-15-8-7-9-16(13-15)21-14(2)12-17(20-21)19(3,4)5/h7-9,12-13H,6,10-11H2,1-5H3.